The van der Waals surface area contributed by atoms with Crippen LogP contribution in [0.1, 0.15) is 49.1 Å². The lowest BCUT2D eigenvalue weighted by atomic mass is 9.89. The zero-order chi connectivity index (χ0) is 16.8. The van der Waals surface area contributed by atoms with Crippen molar-refractivity contribution < 1.29 is 0 Å². The van der Waals surface area contributed by atoms with Gasteiger partial charge in [-0.1, -0.05) is 45.0 Å². The maximum atomic E-state index is 12.7. The Morgan fingerprint density at radius 3 is 2.71 bits per heavy atom. The fourth-order valence-corrected chi connectivity index (χ4v) is 4.89. The van der Waals surface area contributed by atoms with Gasteiger partial charge in [0.1, 0.15) is 10.7 Å². The van der Waals surface area contributed by atoms with Crippen LogP contribution in [-0.2, 0) is 12.8 Å². The number of aryl methyl sites for hydroxylation is 1. The summed E-state index contributed by atoms with van der Waals surface area (Å²) in [7, 11) is 0. The molecule has 3 aromatic rings. The second kappa shape index (κ2) is 5.85. The maximum Gasteiger partial charge on any atom is 0.260 e. The van der Waals surface area contributed by atoms with Gasteiger partial charge in [0, 0.05) is 10.4 Å². The van der Waals surface area contributed by atoms with E-state index >= 15 is 0 Å². The molecule has 2 aromatic heterocycles. The molecule has 4 rings (SSSR count). The van der Waals surface area contributed by atoms with Crippen LogP contribution in [0.5, 0.6) is 0 Å². The van der Waals surface area contributed by atoms with E-state index in [2.05, 4.69) is 50.0 Å². The molecule has 0 radical (unpaired) electrons. The first-order valence-corrected chi connectivity index (χ1v) is 9.49. The minimum Gasteiger partial charge on any atom is -0.306 e. The zero-order valence-electron chi connectivity index (χ0n) is 14.3. The quantitative estimate of drug-likeness (QED) is 0.722. The van der Waals surface area contributed by atoms with Crippen LogP contribution in [-0.4, -0.2) is 9.97 Å². The molecule has 24 heavy (non-hydrogen) atoms. The molecule has 0 aliphatic heterocycles. The number of H-pyrrole nitrogens is 1. The van der Waals surface area contributed by atoms with Gasteiger partial charge in [-0.05, 0) is 42.2 Å². The first-order chi connectivity index (χ1) is 11.5. The Bertz CT molecular complexity index is 950. The van der Waals surface area contributed by atoms with E-state index in [1.807, 2.05) is 0 Å². The van der Waals surface area contributed by atoms with Gasteiger partial charge in [0.15, 0.2) is 0 Å². The second-order valence-electron chi connectivity index (χ2n) is 7.22. The smallest absolute Gasteiger partial charge is 0.260 e. The van der Waals surface area contributed by atoms with E-state index in [0.29, 0.717) is 17.7 Å². The molecule has 0 saturated carbocycles. The lowest BCUT2D eigenvalue weighted by Gasteiger charge is -2.17. The van der Waals surface area contributed by atoms with Gasteiger partial charge >= 0.3 is 0 Å². The second-order valence-corrected chi connectivity index (χ2v) is 8.31. The standard InChI is InChI=1S/C20H22N2OS/c1-11(2)13-5-7-14(8-6-13)18-21-19(23)17-15-9-4-12(3)10-16(15)24-20(17)22-18/h5-8,11-12H,4,9-10H2,1-3H3,(H,21,22,23). The Morgan fingerprint density at radius 1 is 1.25 bits per heavy atom. The minimum atomic E-state index is 0.00925. The van der Waals surface area contributed by atoms with E-state index in [0.717, 1.165) is 35.0 Å². The Morgan fingerprint density at radius 2 is 2.00 bits per heavy atom. The van der Waals surface area contributed by atoms with Crippen molar-refractivity contribution in [3.8, 4) is 11.4 Å². The molecule has 1 aliphatic carbocycles. The maximum absolute atomic E-state index is 12.7. The van der Waals surface area contributed by atoms with Crippen LogP contribution in [0.3, 0.4) is 0 Å². The van der Waals surface area contributed by atoms with Crippen molar-refractivity contribution in [1.82, 2.24) is 9.97 Å². The first kappa shape index (κ1) is 15.6. The number of hydrogen-bond donors (Lipinski definition) is 1. The molecule has 0 spiro atoms. The number of aromatic nitrogens is 2. The van der Waals surface area contributed by atoms with Gasteiger partial charge in [0.25, 0.3) is 5.56 Å². The summed E-state index contributed by atoms with van der Waals surface area (Å²) in [5.41, 5.74) is 3.51. The Labute approximate surface area is 145 Å². The van der Waals surface area contributed by atoms with Crippen molar-refractivity contribution in [3.05, 3.63) is 50.6 Å². The summed E-state index contributed by atoms with van der Waals surface area (Å²) >= 11 is 1.70. The highest BCUT2D eigenvalue weighted by atomic mass is 32.1. The third-order valence-corrected chi connectivity index (χ3v) is 6.16. The molecular formula is C20H22N2OS. The molecule has 3 nitrogen and oxygen atoms in total. The van der Waals surface area contributed by atoms with Gasteiger partial charge in [-0.3, -0.25) is 4.79 Å². The van der Waals surface area contributed by atoms with Crippen molar-refractivity contribution in [2.75, 3.05) is 0 Å². The van der Waals surface area contributed by atoms with Gasteiger partial charge in [-0.15, -0.1) is 11.3 Å². The van der Waals surface area contributed by atoms with Crippen LogP contribution in [0, 0.1) is 5.92 Å². The topological polar surface area (TPSA) is 45.8 Å². The molecule has 1 N–H and O–H groups in total. The Hall–Kier alpha value is -1.94. The third kappa shape index (κ3) is 2.59. The average Bonchev–Trinajstić information content (AvgIpc) is 2.92. The SMILES string of the molecule is CC1CCc2c(sc3nc(-c4ccc(C(C)C)cc4)[nH]c(=O)c23)C1. The Balaban J connectivity index is 1.82. The average molecular weight is 338 g/mol. The number of thiophene rings is 1. The van der Waals surface area contributed by atoms with Crippen LogP contribution in [0.4, 0.5) is 0 Å². The number of hydrogen-bond acceptors (Lipinski definition) is 3. The van der Waals surface area contributed by atoms with Gasteiger partial charge in [0.2, 0.25) is 0 Å². The van der Waals surface area contributed by atoms with E-state index in [1.54, 1.807) is 11.3 Å². The van der Waals surface area contributed by atoms with Crippen molar-refractivity contribution in [3.63, 3.8) is 0 Å². The van der Waals surface area contributed by atoms with Crippen LogP contribution in [0.15, 0.2) is 29.1 Å². The third-order valence-electron chi connectivity index (χ3n) is 5.02. The molecule has 124 valence electrons. The highest BCUT2D eigenvalue weighted by Crippen LogP contribution is 2.36. The van der Waals surface area contributed by atoms with Crippen molar-refractivity contribution in [2.24, 2.45) is 5.92 Å². The predicted molar refractivity (Wildman–Crippen MR) is 101 cm³/mol. The molecule has 0 fully saturated rings. The van der Waals surface area contributed by atoms with Crippen molar-refractivity contribution in [1.29, 1.82) is 0 Å². The monoisotopic (exact) mass is 338 g/mol. The van der Waals surface area contributed by atoms with Gasteiger partial charge in [-0.25, -0.2) is 4.98 Å². The van der Waals surface area contributed by atoms with Crippen LogP contribution < -0.4 is 5.56 Å². The lowest BCUT2D eigenvalue weighted by molar-refractivity contribution is 0.509. The summed E-state index contributed by atoms with van der Waals surface area (Å²) in [4.78, 5) is 22.7. The molecule has 1 atom stereocenters. The fourth-order valence-electron chi connectivity index (χ4n) is 3.51. The first-order valence-electron chi connectivity index (χ1n) is 8.68. The van der Waals surface area contributed by atoms with Gasteiger partial charge in [0.05, 0.1) is 5.39 Å². The summed E-state index contributed by atoms with van der Waals surface area (Å²) in [5, 5.41) is 0.824. The van der Waals surface area contributed by atoms with Crippen molar-refractivity contribution in [2.45, 2.75) is 46.0 Å². The van der Waals surface area contributed by atoms with E-state index in [1.165, 1.54) is 16.0 Å². The molecule has 0 amide bonds. The van der Waals surface area contributed by atoms with Crippen LogP contribution in [0.2, 0.25) is 0 Å². The number of benzene rings is 1. The summed E-state index contributed by atoms with van der Waals surface area (Å²) in [5.74, 6) is 1.88. The fraction of sp³-hybridized carbons (Fsp3) is 0.400. The molecule has 4 heteroatoms. The molecule has 0 saturated heterocycles. The molecular weight excluding hydrogens is 316 g/mol. The largest absolute Gasteiger partial charge is 0.306 e. The zero-order valence-corrected chi connectivity index (χ0v) is 15.2. The molecule has 2 heterocycles. The molecule has 1 aromatic carbocycles. The lowest BCUT2D eigenvalue weighted by Crippen LogP contribution is -2.13. The molecule has 1 aliphatic rings. The highest BCUT2D eigenvalue weighted by Gasteiger charge is 2.23. The van der Waals surface area contributed by atoms with Gasteiger partial charge in [-0.2, -0.15) is 0 Å². The van der Waals surface area contributed by atoms with E-state index in [4.69, 9.17) is 4.98 Å². The number of nitrogens with zero attached hydrogens (tertiary/aromatic N) is 1. The highest BCUT2D eigenvalue weighted by molar-refractivity contribution is 7.18. The normalized spacial score (nSPS) is 17.4. The Kier molecular flexibility index (Phi) is 3.80. The summed E-state index contributed by atoms with van der Waals surface area (Å²) in [6.45, 7) is 6.64. The van der Waals surface area contributed by atoms with Gasteiger partial charge < -0.3 is 4.98 Å². The van der Waals surface area contributed by atoms with Crippen molar-refractivity contribution >= 4 is 21.6 Å². The molecule has 1 unspecified atom stereocenters. The minimum absolute atomic E-state index is 0.00925. The number of nitrogens with one attached hydrogen (secondary N) is 1. The predicted octanol–water partition coefficient (Wildman–Crippen LogP) is 4.90. The van der Waals surface area contributed by atoms with E-state index in [-0.39, 0.29) is 5.56 Å². The van der Waals surface area contributed by atoms with E-state index in [9.17, 15) is 4.79 Å². The summed E-state index contributed by atoms with van der Waals surface area (Å²) in [6.07, 6.45) is 3.24. The summed E-state index contributed by atoms with van der Waals surface area (Å²) in [6, 6.07) is 8.33. The van der Waals surface area contributed by atoms with Crippen LogP contribution in [0.25, 0.3) is 21.6 Å². The summed E-state index contributed by atoms with van der Waals surface area (Å²) < 4.78 is 0. The van der Waals surface area contributed by atoms with E-state index < -0.39 is 0 Å². The number of rotatable bonds is 2. The van der Waals surface area contributed by atoms with Crippen LogP contribution >= 0.6 is 11.3 Å². The number of aromatic amines is 1. The molecule has 0 bridgehead atoms. The number of fused-ring (bicyclic) bond motifs is 3.